The van der Waals surface area contributed by atoms with Gasteiger partial charge in [-0.15, -0.1) is 11.6 Å². The predicted octanol–water partition coefficient (Wildman–Crippen LogP) is 3.40. The fraction of sp³-hybridized carbons (Fsp3) is 0.333. The molecule has 1 heterocycles. The Morgan fingerprint density at radius 2 is 2.33 bits per heavy atom. The molecular formula is C12H14Cl2N2O2. The van der Waals surface area contributed by atoms with E-state index in [1.165, 1.54) is 6.08 Å². The molecule has 0 aliphatic rings. The summed E-state index contributed by atoms with van der Waals surface area (Å²) in [7, 11) is 0. The fourth-order valence-electron chi connectivity index (χ4n) is 1.18. The molecule has 1 N–H and O–H groups in total. The number of hydrogen-bond acceptors (Lipinski definition) is 3. The summed E-state index contributed by atoms with van der Waals surface area (Å²) < 4.78 is 5.04. The minimum absolute atomic E-state index is 0.117. The van der Waals surface area contributed by atoms with Gasteiger partial charge in [0.15, 0.2) is 5.69 Å². The molecule has 0 aliphatic carbocycles. The zero-order chi connectivity index (χ0) is 13.7. The van der Waals surface area contributed by atoms with Gasteiger partial charge >= 0.3 is 0 Å². The summed E-state index contributed by atoms with van der Waals surface area (Å²) in [4.78, 5) is 11.8. The summed E-state index contributed by atoms with van der Waals surface area (Å²) in [5, 5.41) is 6.57. The normalized spacial score (nSPS) is 11.7. The lowest BCUT2D eigenvalue weighted by Gasteiger charge is -2.04. The average Bonchev–Trinajstić information content (AvgIpc) is 2.76. The maximum atomic E-state index is 11.8. The monoisotopic (exact) mass is 288 g/mol. The van der Waals surface area contributed by atoms with Crippen LogP contribution in [-0.4, -0.2) is 16.9 Å². The lowest BCUT2D eigenvalue weighted by Crippen LogP contribution is -2.24. The summed E-state index contributed by atoms with van der Waals surface area (Å²) in [5.74, 6) is 0.547. The Morgan fingerprint density at radius 3 is 2.78 bits per heavy atom. The first-order chi connectivity index (χ1) is 8.43. The molecular weight excluding hydrogens is 275 g/mol. The number of carbonyl (C=O) groups is 1. The second-order valence-electron chi connectivity index (χ2n) is 3.97. The quantitative estimate of drug-likeness (QED) is 0.667. The molecule has 0 saturated carbocycles. The Hall–Kier alpha value is -1.26. The van der Waals surface area contributed by atoms with E-state index in [2.05, 4.69) is 17.1 Å². The molecule has 0 aromatic carbocycles. The van der Waals surface area contributed by atoms with E-state index in [0.29, 0.717) is 11.5 Å². The minimum Gasteiger partial charge on any atom is -0.360 e. The van der Waals surface area contributed by atoms with Crippen LogP contribution in [0.2, 0.25) is 0 Å². The second kappa shape index (κ2) is 6.61. The Bertz CT molecular complexity index is 478. The van der Waals surface area contributed by atoms with Crippen molar-refractivity contribution in [2.45, 2.75) is 19.8 Å². The molecule has 18 heavy (non-hydrogen) atoms. The molecule has 98 valence electrons. The molecule has 0 atom stereocenters. The molecule has 0 spiro atoms. The van der Waals surface area contributed by atoms with Crippen molar-refractivity contribution in [3.8, 4) is 0 Å². The van der Waals surface area contributed by atoms with Crippen LogP contribution in [0.3, 0.4) is 0 Å². The first-order valence-corrected chi connectivity index (χ1v) is 6.24. The van der Waals surface area contributed by atoms with E-state index in [1.54, 1.807) is 6.07 Å². The highest BCUT2D eigenvalue weighted by molar-refractivity contribution is 6.31. The molecule has 0 radical (unpaired) electrons. The fourth-order valence-corrected chi connectivity index (χ4v) is 1.45. The topological polar surface area (TPSA) is 55.1 Å². The predicted molar refractivity (Wildman–Crippen MR) is 71.9 cm³/mol. The van der Waals surface area contributed by atoms with E-state index in [0.717, 1.165) is 0 Å². The summed E-state index contributed by atoms with van der Waals surface area (Å²) in [5.41, 5.74) is 0.658. The summed E-state index contributed by atoms with van der Waals surface area (Å²) in [6.07, 6.45) is 1.48. The number of nitrogens with one attached hydrogen (secondary N) is 1. The van der Waals surface area contributed by atoms with Crippen LogP contribution in [0.15, 0.2) is 34.0 Å². The van der Waals surface area contributed by atoms with Crippen LogP contribution in [0.4, 0.5) is 0 Å². The standard InChI is InChI=1S/C12H14Cl2N2O2/c1-7(2)11-5-10(16-18-11)12(17)15-9(6-13)4-8(3)14/h4-5,7H,3,6H2,1-2H3,(H,15,17)/b9-4+. The van der Waals surface area contributed by atoms with Gasteiger partial charge in [0.1, 0.15) is 5.76 Å². The van der Waals surface area contributed by atoms with Gasteiger partial charge in [-0.05, 0) is 6.08 Å². The van der Waals surface area contributed by atoms with Gasteiger partial charge < -0.3 is 9.84 Å². The van der Waals surface area contributed by atoms with Crippen molar-refractivity contribution in [2.75, 3.05) is 5.88 Å². The Labute approximate surface area is 116 Å². The van der Waals surface area contributed by atoms with Crippen molar-refractivity contribution in [3.05, 3.63) is 40.9 Å². The van der Waals surface area contributed by atoms with Gasteiger partial charge in [-0.2, -0.15) is 0 Å². The number of aromatic nitrogens is 1. The Kier molecular flexibility index (Phi) is 5.44. The maximum absolute atomic E-state index is 11.8. The number of halogens is 2. The number of amides is 1. The first kappa shape index (κ1) is 14.8. The average molecular weight is 289 g/mol. The van der Waals surface area contributed by atoms with Crippen molar-refractivity contribution < 1.29 is 9.32 Å². The molecule has 0 unspecified atom stereocenters. The minimum atomic E-state index is -0.393. The molecule has 4 nitrogen and oxygen atoms in total. The lowest BCUT2D eigenvalue weighted by molar-refractivity contribution is 0.0957. The van der Waals surface area contributed by atoms with E-state index >= 15 is 0 Å². The number of nitrogens with zero attached hydrogens (tertiary/aromatic N) is 1. The Morgan fingerprint density at radius 1 is 1.67 bits per heavy atom. The van der Waals surface area contributed by atoms with Gasteiger partial charge in [-0.1, -0.05) is 37.2 Å². The maximum Gasteiger partial charge on any atom is 0.277 e. The Balaban J connectivity index is 2.78. The smallest absolute Gasteiger partial charge is 0.277 e. The lowest BCUT2D eigenvalue weighted by atomic mass is 10.1. The van der Waals surface area contributed by atoms with Crippen LogP contribution < -0.4 is 5.32 Å². The zero-order valence-electron chi connectivity index (χ0n) is 10.2. The van der Waals surface area contributed by atoms with Gasteiger partial charge in [0.2, 0.25) is 0 Å². The number of allylic oxidation sites excluding steroid dienone is 3. The van der Waals surface area contributed by atoms with Crippen LogP contribution in [0.1, 0.15) is 36.0 Å². The summed E-state index contributed by atoms with van der Waals surface area (Å²) in [6, 6.07) is 1.60. The van der Waals surface area contributed by atoms with Crippen LogP contribution >= 0.6 is 23.2 Å². The summed E-state index contributed by atoms with van der Waals surface area (Å²) >= 11 is 11.3. The number of alkyl halides is 1. The first-order valence-electron chi connectivity index (χ1n) is 5.33. The molecule has 0 fully saturated rings. The van der Waals surface area contributed by atoms with E-state index in [1.807, 2.05) is 13.8 Å². The van der Waals surface area contributed by atoms with E-state index < -0.39 is 5.91 Å². The van der Waals surface area contributed by atoms with E-state index in [-0.39, 0.29) is 22.5 Å². The van der Waals surface area contributed by atoms with Crippen LogP contribution in [-0.2, 0) is 0 Å². The number of hydrogen-bond donors (Lipinski definition) is 1. The molecule has 1 aromatic rings. The van der Waals surface area contributed by atoms with Gasteiger partial charge in [-0.3, -0.25) is 4.79 Å². The van der Waals surface area contributed by atoms with Gasteiger partial charge in [0.05, 0.1) is 5.88 Å². The van der Waals surface area contributed by atoms with E-state index in [9.17, 15) is 4.79 Å². The molecule has 6 heteroatoms. The third-order valence-electron chi connectivity index (χ3n) is 2.08. The third kappa shape index (κ3) is 4.20. The zero-order valence-corrected chi connectivity index (χ0v) is 11.7. The van der Waals surface area contributed by atoms with Crippen LogP contribution in [0.25, 0.3) is 0 Å². The third-order valence-corrected chi connectivity index (χ3v) is 2.48. The SMILES string of the molecule is C=C(Cl)/C=C(\CCl)NC(=O)c1cc(C(C)C)on1. The van der Waals surface area contributed by atoms with Gasteiger partial charge in [0.25, 0.3) is 5.91 Å². The molecule has 1 aromatic heterocycles. The highest BCUT2D eigenvalue weighted by Crippen LogP contribution is 2.15. The van der Waals surface area contributed by atoms with Crippen molar-refractivity contribution in [3.63, 3.8) is 0 Å². The second-order valence-corrected chi connectivity index (χ2v) is 4.73. The highest BCUT2D eigenvalue weighted by atomic mass is 35.5. The number of carbonyl (C=O) groups excluding carboxylic acids is 1. The van der Waals surface area contributed by atoms with Crippen LogP contribution in [0.5, 0.6) is 0 Å². The van der Waals surface area contributed by atoms with Crippen molar-refractivity contribution in [1.82, 2.24) is 10.5 Å². The van der Waals surface area contributed by atoms with Gasteiger partial charge in [-0.25, -0.2) is 0 Å². The highest BCUT2D eigenvalue weighted by Gasteiger charge is 2.15. The molecule has 1 rings (SSSR count). The van der Waals surface area contributed by atoms with Crippen LogP contribution in [0, 0.1) is 0 Å². The van der Waals surface area contributed by atoms with Crippen molar-refractivity contribution in [2.24, 2.45) is 0 Å². The molecule has 1 amide bonds. The number of rotatable bonds is 5. The van der Waals surface area contributed by atoms with E-state index in [4.69, 9.17) is 27.7 Å². The van der Waals surface area contributed by atoms with Crippen molar-refractivity contribution >= 4 is 29.1 Å². The molecule has 0 bridgehead atoms. The molecule has 0 saturated heterocycles. The van der Waals surface area contributed by atoms with Crippen molar-refractivity contribution in [1.29, 1.82) is 0 Å². The van der Waals surface area contributed by atoms with Gasteiger partial charge in [0, 0.05) is 22.7 Å². The molecule has 0 aliphatic heterocycles. The summed E-state index contributed by atoms with van der Waals surface area (Å²) in [6.45, 7) is 7.39. The largest absolute Gasteiger partial charge is 0.360 e.